The lowest BCUT2D eigenvalue weighted by Gasteiger charge is -2.28. The van der Waals surface area contributed by atoms with Gasteiger partial charge < -0.3 is 36.4 Å². The Morgan fingerprint density at radius 2 is 1.15 bits per heavy atom. The first-order chi connectivity index (χ1) is 22.4. The average molecular weight is 676 g/mol. The van der Waals surface area contributed by atoms with E-state index in [4.69, 9.17) is 4.74 Å². The number of carbonyl (C=O) groups excluding carboxylic acids is 6. The van der Waals surface area contributed by atoms with E-state index in [0.717, 1.165) is 5.56 Å². The summed E-state index contributed by atoms with van der Waals surface area (Å²) in [5, 5.41) is 22.0. The Balaban J connectivity index is 2.98. The number of nitrogens with one attached hydrogen (secondary N) is 5. The number of benzene rings is 1. The van der Waals surface area contributed by atoms with E-state index in [1.807, 2.05) is 6.07 Å². The molecular weight excluding hydrogens is 622 g/mol. The maximum Gasteiger partial charge on any atom is 0.408 e. The van der Waals surface area contributed by atoms with Gasteiger partial charge in [0, 0.05) is 0 Å². The van der Waals surface area contributed by atoms with Crippen LogP contribution in [0.4, 0.5) is 4.79 Å². The van der Waals surface area contributed by atoms with Crippen molar-refractivity contribution in [2.24, 2.45) is 23.7 Å². The van der Waals surface area contributed by atoms with Crippen LogP contribution in [0.3, 0.4) is 0 Å². The number of ether oxygens (including phenoxy) is 1. The van der Waals surface area contributed by atoms with Gasteiger partial charge in [-0.2, -0.15) is 0 Å². The lowest BCUT2D eigenvalue weighted by molar-refractivity contribution is -0.144. The van der Waals surface area contributed by atoms with E-state index in [0.29, 0.717) is 0 Å². The van der Waals surface area contributed by atoms with Crippen molar-refractivity contribution < 1.29 is 43.4 Å². The van der Waals surface area contributed by atoms with Crippen molar-refractivity contribution in [1.82, 2.24) is 26.6 Å². The topological polar surface area (TPSA) is 209 Å². The molecule has 1 rings (SSSR count). The van der Waals surface area contributed by atoms with Gasteiger partial charge in [0.1, 0.15) is 30.8 Å². The molecule has 5 amide bonds. The highest BCUT2D eigenvalue weighted by atomic mass is 16.5. The first-order valence-corrected chi connectivity index (χ1v) is 16.3. The molecule has 0 aliphatic carbocycles. The number of rotatable bonds is 19. The Hall–Kier alpha value is -4.49. The summed E-state index contributed by atoms with van der Waals surface area (Å²) in [4.78, 5) is 89.9. The molecule has 1 unspecified atom stereocenters. The number of Topliss-reactive ketones (excluding diaryl/α,β-unsaturated/α-hetero) is 1. The molecule has 1 aromatic rings. The molecule has 0 aliphatic rings. The minimum absolute atomic E-state index is 0.000166. The van der Waals surface area contributed by atoms with Gasteiger partial charge in [0.2, 0.25) is 23.5 Å². The van der Waals surface area contributed by atoms with Crippen molar-refractivity contribution in [2.45, 2.75) is 112 Å². The monoisotopic (exact) mass is 675 g/mol. The quantitative estimate of drug-likeness (QED) is 0.119. The minimum Gasteiger partial charge on any atom is -0.480 e. The average Bonchev–Trinajstić information content (AvgIpc) is 3.01. The molecule has 48 heavy (non-hydrogen) atoms. The number of carboxylic acid groups (broad SMARTS) is 1. The summed E-state index contributed by atoms with van der Waals surface area (Å²) in [6.07, 6.45) is -0.659. The van der Waals surface area contributed by atoms with Gasteiger partial charge in [0.05, 0.1) is 6.04 Å². The van der Waals surface area contributed by atoms with E-state index in [1.165, 1.54) is 0 Å². The van der Waals surface area contributed by atoms with Crippen LogP contribution in [0.25, 0.3) is 0 Å². The van der Waals surface area contributed by atoms with Gasteiger partial charge in [-0.3, -0.25) is 24.0 Å². The molecule has 0 bridgehead atoms. The van der Waals surface area contributed by atoms with E-state index in [9.17, 15) is 38.7 Å². The molecule has 0 aromatic heterocycles. The van der Waals surface area contributed by atoms with Gasteiger partial charge in [-0.05, 0) is 42.1 Å². The molecular formula is C34H53N5O9. The van der Waals surface area contributed by atoms with Crippen LogP contribution in [0.5, 0.6) is 0 Å². The number of hydrogen-bond acceptors (Lipinski definition) is 8. The van der Waals surface area contributed by atoms with Crippen molar-refractivity contribution >= 4 is 41.5 Å². The molecule has 0 heterocycles. The lowest BCUT2D eigenvalue weighted by atomic mass is 9.98. The van der Waals surface area contributed by atoms with E-state index >= 15 is 0 Å². The second-order valence-corrected chi connectivity index (χ2v) is 13.2. The zero-order chi connectivity index (χ0) is 36.7. The molecule has 0 spiro atoms. The van der Waals surface area contributed by atoms with Crippen molar-refractivity contribution in [2.75, 3.05) is 0 Å². The number of hydrogen-bond donors (Lipinski definition) is 6. The molecule has 6 N–H and O–H groups in total. The van der Waals surface area contributed by atoms with E-state index < -0.39 is 83.5 Å². The SMILES string of the molecule is CCC(NC(=O)[C@@H](NC(=O)[C@@H](NC(=O)OCc1ccccc1)C(C)C)C(C)C)C(=O)C(=O)N[C@@H](CC(C)C)C(=O)N[C@H](C(=O)O)C(C)C. The van der Waals surface area contributed by atoms with Crippen LogP contribution in [0.1, 0.15) is 80.7 Å². The Labute approximate surface area is 282 Å². The molecule has 0 radical (unpaired) electrons. The fourth-order valence-electron chi connectivity index (χ4n) is 4.68. The zero-order valence-corrected chi connectivity index (χ0v) is 29.4. The van der Waals surface area contributed by atoms with Crippen LogP contribution in [0.2, 0.25) is 0 Å². The van der Waals surface area contributed by atoms with Crippen LogP contribution >= 0.6 is 0 Å². The van der Waals surface area contributed by atoms with Gasteiger partial charge in [-0.25, -0.2) is 9.59 Å². The zero-order valence-electron chi connectivity index (χ0n) is 29.4. The minimum atomic E-state index is -1.28. The van der Waals surface area contributed by atoms with Gasteiger partial charge in [-0.1, -0.05) is 92.6 Å². The smallest absolute Gasteiger partial charge is 0.408 e. The molecule has 14 heteroatoms. The third-order valence-electron chi connectivity index (χ3n) is 7.51. The Bertz CT molecular complexity index is 1270. The number of carbonyl (C=O) groups is 7. The molecule has 14 nitrogen and oxygen atoms in total. The third-order valence-corrected chi connectivity index (χ3v) is 7.51. The second kappa shape index (κ2) is 20.0. The molecule has 5 atom stereocenters. The van der Waals surface area contributed by atoms with Crippen LogP contribution in [-0.2, 0) is 40.1 Å². The fourth-order valence-corrected chi connectivity index (χ4v) is 4.68. The molecule has 0 saturated carbocycles. The summed E-state index contributed by atoms with van der Waals surface area (Å²) >= 11 is 0. The van der Waals surface area contributed by atoms with Crippen molar-refractivity contribution in [3.63, 3.8) is 0 Å². The Morgan fingerprint density at radius 3 is 1.62 bits per heavy atom. The molecule has 268 valence electrons. The number of carboxylic acids is 1. The Morgan fingerprint density at radius 1 is 0.646 bits per heavy atom. The maximum atomic E-state index is 13.4. The van der Waals surface area contributed by atoms with Crippen molar-refractivity contribution in [3.05, 3.63) is 35.9 Å². The molecule has 1 aromatic carbocycles. The standard InChI is InChI=1S/C34H53N5O9/c1-10-23(28(40)32(44)36-24(16-18(2)3)29(41)38-27(21(8)9)33(45)46)35-30(42)25(19(4)5)37-31(43)26(20(6)7)39-34(47)48-17-22-14-12-11-13-15-22/h11-15,18-21,23-27H,10,16-17H2,1-9H3,(H,35,42)(H,36,44)(H,37,43)(H,38,41)(H,39,47)(H,45,46)/t23?,24-,25-,26-,27-/m0/s1. The van der Waals surface area contributed by atoms with E-state index in [1.54, 1.807) is 86.6 Å². The first kappa shape index (κ1) is 41.5. The summed E-state index contributed by atoms with van der Waals surface area (Å²) in [5.74, 6) is -6.83. The maximum absolute atomic E-state index is 13.4. The second-order valence-electron chi connectivity index (χ2n) is 13.2. The van der Waals surface area contributed by atoms with Crippen molar-refractivity contribution in [3.8, 4) is 0 Å². The molecule has 0 saturated heterocycles. The summed E-state index contributed by atoms with van der Waals surface area (Å²) in [5.41, 5.74) is 0.764. The molecule has 0 aliphatic heterocycles. The summed E-state index contributed by atoms with van der Waals surface area (Å²) < 4.78 is 5.24. The molecule has 0 fully saturated rings. The highest BCUT2D eigenvalue weighted by molar-refractivity contribution is 6.38. The summed E-state index contributed by atoms with van der Waals surface area (Å²) in [7, 11) is 0. The largest absolute Gasteiger partial charge is 0.480 e. The van der Waals surface area contributed by atoms with Gasteiger partial charge in [0.25, 0.3) is 5.91 Å². The van der Waals surface area contributed by atoms with Crippen molar-refractivity contribution in [1.29, 1.82) is 0 Å². The number of ketones is 1. The number of alkyl carbamates (subject to hydrolysis) is 1. The third kappa shape index (κ3) is 13.7. The van der Waals surface area contributed by atoms with E-state index in [2.05, 4.69) is 26.6 Å². The lowest BCUT2D eigenvalue weighted by Crippen LogP contribution is -2.59. The van der Waals surface area contributed by atoms with E-state index in [-0.39, 0.29) is 31.3 Å². The predicted molar refractivity (Wildman–Crippen MR) is 178 cm³/mol. The normalized spacial score (nSPS) is 14.4. The van der Waals surface area contributed by atoms with Crippen LogP contribution in [0.15, 0.2) is 30.3 Å². The predicted octanol–water partition coefficient (Wildman–Crippen LogP) is 2.30. The van der Waals surface area contributed by atoms with Gasteiger partial charge in [-0.15, -0.1) is 0 Å². The van der Waals surface area contributed by atoms with Crippen LogP contribution < -0.4 is 26.6 Å². The summed E-state index contributed by atoms with van der Waals surface area (Å²) in [6, 6.07) is 3.15. The highest BCUT2D eigenvalue weighted by Crippen LogP contribution is 2.11. The van der Waals surface area contributed by atoms with Crippen LogP contribution in [-0.4, -0.2) is 76.8 Å². The number of aliphatic carboxylic acids is 1. The number of amides is 5. The summed E-state index contributed by atoms with van der Waals surface area (Å²) in [6.45, 7) is 15.2. The van der Waals surface area contributed by atoms with Gasteiger partial charge in [0.15, 0.2) is 0 Å². The first-order valence-electron chi connectivity index (χ1n) is 16.3. The fraction of sp³-hybridized carbons (Fsp3) is 0.618. The van der Waals surface area contributed by atoms with Gasteiger partial charge >= 0.3 is 12.1 Å². The highest BCUT2D eigenvalue weighted by Gasteiger charge is 2.35. The Kier molecular flexibility index (Phi) is 17.3. The van der Waals surface area contributed by atoms with Crippen LogP contribution in [0, 0.1) is 23.7 Å².